The van der Waals surface area contributed by atoms with Crippen LogP contribution in [0.1, 0.15) is 130 Å². The lowest BCUT2D eigenvalue weighted by atomic mass is 10.0. The van der Waals surface area contributed by atoms with Gasteiger partial charge in [-0.3, -0.25) is 0 Å². The van der Waals surface area contributed by atoms with E-state index in [1.807, 2.05) is 0 Å². The Labute approximate surface area is 208 Å². The predicted molar refractivity (Wildman–Crippen MR) is 132 cm³/mol. The van der Waals surface area contributed by atoms with Gasteiger partial charge in [-0.25, -0.2) is 0 Å². The molecular weight excluding hydrogens is 479 g/mol. The van der Waals surface area contributed by atoms with Crippen molar-refractivity contribution < 1.29 is 28.5 Å². The highest BCUT2D eigenvalue weighted by Gasteiger charge is 2.23. The van der Waals surface area contributed by atoms with Gasteiger partial charge in [0.2, 0.25) is 0 Å². The first kappa shape index (κ1) is 30.6. The van der Waals surface area contributed by atoms with E-state index in [0.29, 0.717) is 0 Å². The molecule has 1 unspecified atom stereocenters. The summed E-state index contributed by atoms with van der Waals surface area (Å²) in [5.41, 5.74) is 0. The van der Waals surface area contributed by atoms with Crippen LogP contribution < -0.4 is 29.3 Å². The van der Waals surface area contributed by atoms with Crippen molar-refractivity contribution in [2.24, 2.45) is 5.92 Å². The zero-order valence-corrected chi connectivity index (χ0v) is 23.3. The summed E-state index contributed by atoms with van der Waals surface area (Å²) in [6.07, 6.45) is 24.8. The molecule has 1 aliphatic rings. The minimum atomic E-state index is 0. The molecule has 0 spiro atoms. The standard InChI is InChI=1S/C27H57N2.HI/c1-4-7-8-9-10-11-12-13-14-15-16-17-18-19-24-29(5-2,6-3)25-20-21-27-22-23-28-26-27;/h27-28H,4-26H2,1-3H3;1H/q+1;/p-1. The monoisotopic (exact) mass is 536 g/mol. The summed E-state index contributed by atoms with van der Waals surface area (Å²) in [4.78, 5) is 0. The lowest BCUT2D eigenvalue weighted by Crippen LogP contribution is -3.00. The van der Waals surface area contributed by atoms with Crippen LogP contribution in [0.5, 0.6) is 0 Å². The maximum absolute atomic E-state index is 3.52. The van der Waals surface area contributed by atoms with Gasteiger partial charge in [-0.15, -0.1) is 0 Å². The van der Waals surface area contributed by atoms with Crippen molar-refractivity contribution >= 4 is 0 Å². The zero-order chi connectivity index (χ0) is 21.0. The van der Waals surface area contributed by atoms with Crippen LogP contribution in [0.4, 0.5) is 0 Å². The SMILES string of the molecule is CCCCCCCCCCCCCCCC[N+](CC)(CC)CCCC1CCNC1.[I-]. The van der Waals surface area contributed by atoms with Gasteiger partial charge >= 0.3 is 0 Å². The summed E-state index contributed by atoms with van der Waals surface area (Å²) in [6.45, 7) is 15.2. The number of nitrogens with zero attached hydrogens (tertiary/aromatic N) is 1. The number of unbranched alkanes of at least 4 members (excludes halogenated alkanes) is 13. The molecular formula is C27H57IN2. The second kappa shape index (κ2) is 21.5. The van der Waals surface area contributed by atoms with Crippen LogP contribution in [-0.2, 0) is 0 Å². The van der Waals surface area contributed by atoms with Crippen molar-refractivity contribution in [1.29, 1.82) is 0 Å². The quantitative estimate of drug-likeness (QED) is 0.127. The second-order valence-electron chi connectivity index (χ2n) is 10.0. The van der Waals surface area contributed by atoms with Gasteiger partial charge in [-0.05, 0) is 65.0 Å². The van der Waals surface area contributed by atoms with E-state index in [0.717, 1.165) is 5.92 Å². The first-order chi connectivity index (χ1) is 14.3. The molecule has 1 fully saturated rings. The molecule has 1 rings (SSSR count). The van der Waals surface area contributed by atoms with E-state index in [4.69, 9.17) is 0 Å². The number of hydrogen-bond donors (Lipinski definition) is 1. The van der Waals surface area contributed by atoms with Crippen LogP contribution in [0.15, 0.2) is 0 Å². The molecule has 1 saturated heterocycles. The molecule has 0 amide bonds. The Bertz CT molecular complexity index is 338. The minimum absolute atomic E-state index is 0. The fraction of sp³-hybridized carbons (Fsp3) is 1.00. The lowest BCUT2D eigenvalue weighted by Gasteiger charge is -2.37. The fourth-order valence-corrected chi connectivity index (χ4v) is 5.29. The Kier molecular flexibility index (Phi) is 22.0. The fourth-order valence-electron chi connectivity index (χ4n) is 5.29. The Morgan fingerprint density at radius 2 is 1.10 bits per heavy atom. The molecule has 0 aliphatic carbocycles. The molecule has 182 valence electrons. The smallest absolute Gasteiger partial charge is 0.0786 e. The number of hydrogen-bond acceptors (Lipinski definition) is 1. The first-order valence-corrected chi connectivity index (χ1v) is 13.8. The van der Waals surface area contributed by atoms with Crippen molar-refractivity contribution in [3.63, 3.8) is 0 Å². The third-order valence-electron chi connectivity index (χ3n) is 7.73. The van der Waals surface area contributed by atoms with Gasteiger partial charge in [0, 0.05) is 0 Å². The molecule has 0 aromatic rings. The van der Waals surface area contributed by atoms with Crippen molar-refractivity contribution in [1.82, 2.24) is 5.32 Å². The van der Waals surface area contributed by atoms with Crippen LogP contribution in [0.25, 0.3) is 0 Å². The van der Waals surface area contributed by atoms with Crippen LogP contribution in [0, 0.1) is 5.92 Å². The van der Waals surface area contributed by atoms with Gasteiger partial charge < -0.3 is 33.8 Å². The van der Waals surface area contributed by atoms with Gasteiger partial charge in [0.15, 0.2) is 0 Å². The predicted octanol–water partition coefficient (Wildman–Crippen LogP) is 4.72. The molecule has 1 aliphatic heterocycles. The summed E-state index contributed by atoms with van der Waals surface area (Å²) < 4.78 is 1.37. The second-order valence-corrected chi connectivity index (χ2v) is 10.0. The molecule has 0 bridgehead atoms. The zero-order valence-electron chi connectivity index (χ0n) is 21.2. The molecule has 1 heterocycles. The molecule has 0 aromatic heterocycles. The van der Waals surface area contributed by atoms with Gasteiger partial charge in [0.25, 0.3) is 0 Å². The number of halogens is 1. The Morgan fingerprint density at radius 3 is 1.53 bits per heavy atom. The first-order valence-electron chi connectivity index (χ1n) is 13.8. The maximum atomic E-state index is 3.52. The normalized spacial score (nSPS) is 16.7. The lowest BCUT2D eigenvalue weighted by molar-refractivity contribution is -0.925. The van der Waals surface area contributed by atoms with E-state index in [-0.39, 0.29) is 24.0 Å². The number of rotatable bonds is 21. The van der Waals surface area contributed by atoms with Crippen LogP contribution >= 0.6 is 0 Å². The average molecular weight is 537 g/mol. The van der Waals surface area contributed by atoms with E-state index in [9.17, 15) is 0 Å². The van der Waals surface area contributed by atoms with Gasteiger partial charge in [-0.1, -0.05) is 84.0 Å². The number of nitrogens with one attached hydrogen (secondary N) is 1. The van der Waals surface area contributed by atoms with Crippen molar-refractivity contribution in [2.75, 3.05) is 39.3 Å². The topological polar surface area (TPSA) is 12.0 Å². The van der Waals surface area contributed by atoms with E-state index in [2.05, 4.69) is 26.1 Å². The van der Waals surface area contributed by atoms with E-state index in [1.165, 1.54) is 153 Å². The van der Waals surface area contributed by atoms with Gasteiger partial charge in [0.1, 0.15) is 0 Å². The molecule has 1 N–H and O–H groups in total. The molecule has 2 nitrogen and oxygen atoms in total. The van der Waals surface area contributed by atoms with Gasteiger partial charge in [0.05, 0.1) is 26.2 Å². The largest absolute Gasteiger partial charge is 1.00 e. The highest BCUT2D eigenvalue weighted by atomic mass is 127. The highest BCUT2D eigenvalue weighted by molar-refractivity contribution is 4.70. The van der Waals surface area contributed by atoms with E-state index < -0.39 is 0 Å². The molecule has 0 radical (unpaired) electrons. The van der Waals surface area contributed by atoms with Crippen molar-refractivity contribution in [3.05, 3.63) is 0 Å². The Hall–Kier alpha value is 0.650. The van der Waals surface area contributed by atoms with Crippen LogP contribution in [0.3, 0.4) is 0 Å². The van der Waals surface area contributed by atoms with Gasteiger partial charge in [-0.2, -0.15) is 0 Å². The third-order valence-corrected chi connectivity index (χ3v) is 7.73. The summed E-state index contributed by atoms with van der Waals surface area (Å²) in [6, 6.07) is 0. The summed E-state index contributed by atoms with van der Waals surface area (Å²) >= 11 is 0. The third kappa shape index (κ3) is 15.5. The maximum Gasteiger partial charge on any atom is 0.0786 e. The average Bonchev–Trinajstić information content (AvgIpc) is 3.26. The number of quaternary nitrogens is 1. The summed E-state index contributed by atoms with van der Waals surface area (Å²) in [5.74, 6) is 0.965. The van der Waals surface area contributed by atoms with E-state index in [1.54, 1.807) is 0 Å². The molecule has 1 atom stereocenters. The minimum Gasteiger partial charge on any atom is -1.00 e. The van der Waals surface area contributed by atoms with Crippen LogP contribution in [0.2, 0.25) is 0 Å². The Balaban J connectivity index is 0.00000841. The highest BCUT2D eigenvalue weighted by Crippen LogP contribution is 2.19. The van der Waals surface area contributed by atoms with Crippen molar-refractivity contribution in [2.45, 2.75) is 130 Å². The molecule has 3 heteroatoms. The summed E-state index contributed by atoms with van der Waals surface area (Å²) in [5, 5.41) is 3.52. The Morgan fingerprint density at radius 1 is 0.633 bits per heavy atom. The van der Waals surface area contributed by atoms with Crippen LogP contribution in [-0.4, -0.2) is 43.8 Å². The molecule has 0 saturated carbocycles. The van der Waals surface area contributed by atoms with Crippen molar-refractivity contribution in [3.8, 4) is 0 Å². The summed E-state index contributed by atoms with van der Waals surface area (Å²) in [7, 11) is 0. The molecule has 0 aromatic carbocycles. The van der Waals surface area contributed by atoms with E-state index >= 15 is 0 Å². The molecule has 30 heavy (non-hydrogen) atoms.